The normalized spacial score (nSPS) is 12.0. The molecule has 2 N–H and O–H groups in total. The van der Waals surface area contributed by atoms with Gasteiger partial charge in [-0.2, -0.15) is 5.26 Å². The second-order valence-corrected chi connectivity index (χ2v) is 7.25. The molecular weight excluding hydrogens is 338 g/mol. The van der Waals surface area contributed by atoms with E-state index >= 15 is 0 Å². The first-order valence-electron chi connectivity index (χ1n) is 7.80. The number of benzene rings is 2. The largest absolute Gasteiger partial charge is 0.350 e. The van der Waals surface area contributed by atoms with Gasteiger partial charge in [-0.3, -0.25) is 9.52 Å². The highest BCUT2D eigenvalue weighted by Gasteiger charge is 2.17. The van der Waals surface area contributed by atoms with E-state index in [1.54, 1.807) is 12.1 Å². The molecule has 0 aliphatic carbocycles. The zero-order valence-corrected chi connectivity index (χ0v) is 14.8. The Kier molecular flexibility index (Phi) is 5.78. The second kappa shape index (κ2) is 7.81. The van der Waals surface area contributed by atoms with Crippen molar-refractivity contribution in [3.8, 4) is 6.07 Å². The van der Waals surface area contributed by atoms with Crippen LogP contribution in [0.4, 0.5) is 5.69 Å². The Morgan fingerprint density at radius 1 is 1.16 bits per heavy atom. The summed E-state index contributed by atoms with van der Waals surface area (Å²) in [5, 5.41) is 11.9. The van der Waals surface area contributed by atoms with Gasteiger partial charge in [0.25, 0.3) is 15.9 Å². The lowest BCUT2D eigenvalue weighted by atomic mass is 10.2. The third-order valence-electron chi connectivity index (χ3n) is 3.71. The van der Waals surface area contributed by atoms with Gasteiger partial charge in [0.1, 0.15) is 6.07 Å². The molecular formula is C18H19N3O3S. The molecule has 0 spiro atoms. The molecule has 1 atom stereocenters. The van der Waals surface area contributed by atoms with Crippen molar-refractivity contribution in [2.24, 2.45) is 0 Å². The molecule has 0 heterocycles. The molecule has 1 unspecified atom stereocenters. The number of hydrogen-bond donors (Lipinski definition) is 2. The summed E-state index contributed by atoms with van der Waals surface area (Å²) in [6, 6.07) is 14.0. The van der Waals surface area contributed by atoms with E-state index in [-0.39, 0.29) is 28.1 Å². The lowest BCUT2D eigenvalue weighted by Gasteiger charge is -2.12. The Bertz CT molecular complexity index is 900. The zero-order valence-electron chi connectivity index (χ0n) is 14.0. The summed E-state index contributed by atoms with van der Waals surface area (Å²) in [5.41, 5.74) is 0.830. The number of rotatable bonds is 6. The Morgan fingerprint density at radius 2 is 1.80 bits per heavy atom. The summed E-state index contributed by atoms with van der Waals surface area (Å²) in [5.74, 6) is -0.249. The van der Waals surface area contributed by atoms with Crippen molar-refractivity contribution >= 4 is 21.6 Å². The average molecular weight is 357 g/mol. The first kappa shape index (κ1) is 18.5. The number of carbonyl (C=O) groups is 1. The number of anilines is 1. The summed E-state index contributed by atoms with van der Waals surface area (Å²) in [7, 11) is -3.85. The first-order valence-corrected chi connectivity index (χ1v) is 9.28. The zero-order chi connectivity index (χ0) is 18.4. The molecule has 0 aromatic heterocycles. The van der Waals surface area contributed by atoms with Gasteiger partial charge >= 0.3 is 0 Å². The molecule has 2 aromatic carbocycles. The molecule has 0 fully saturated rings. The van der Waals surface area contributed by atoms with E-state index < -0.39 is 10.0 Å². The van der Waals surface area contributed by atoms with Crippen LogP contribution in [0.1, 0.15) is 36.2 Å². The smallest absolute Gasteiger partial charge is 0.261 e. The minimum absolute atomic E-state index is 0.0142. The fourth-order valence-electron chi connectivity index (χ4n) is 2.07. The maximum atomic E-state index is 12.5. The molecule has 7 heteroatoms. The molecule has 2 rings (SSSR count). The average Bonchev–Trinajstić information content (AvgIpc) is 2.61. The number of carbonyl (C=O) groups excluding carboxylic acids is 1. The third-order valence-corrected chi connectivity index (χ3v) is 5.09. The van der Waals surface area contributed by atoms with E-state index in [4.69, 9.17) is 5.26 Å². The van der Waals surface area contributed by atoms with Crippen LogP contribution in [-0.2, 0) is 10.0 Å². The number of nitrogens with one attached hydrogen (secondary N) is 2. The summed E-state index contributed by atoms with van der Waals surface area (Å²) >= 11 is 0. The van der Waals surface area contributed by atoms with Crippen LogP contribution in [-0.4, -0.2) is 20.4 Å². The highest BCUT2D eigenvalue weighted by molar-refractivity contribution is 7.92. The van der Waals surface area contributed by atoms with Gasteiger partial charge in [-0.1, -0.05) is 19.1 Å². The topological polar surface area (TPSA) is 99.1 Å². The summed E-state index contributed by atoms with van der Waals surface area (Å²) < 4.78 is 27.3. The van der Waals surface area contributed by atoms with E-state index in [1.165, 1.54) is 36.4 Å². The van der Waals surface area contributed by atoms with Crippen LogP contribution in [0.5, 0.6) is 0 Å². The van der Waals surface area contributed by atoms with Gasteiger partial charge in [-0.15, -0.1) is 0 Å². The van der Waals surface area contributed by atoms with Crippen LogP contribution >= 0.6 is 0 Å². The molecule has 0 aliphatic heterocycles. The number of nitriles is 1. The number of para-hydroxylation sites is 1. The molecule has 1 amide bonds. The number of hydrogen-bond acceptors (Lipinski definition) is 4. The molecule has 0 saturated heterocycles. The quantitative estimate of drug-likeness (QED) is 0.830. The fourth-order valence-corrected chi connectivity index (χ4v) is 3.15. The van der Waals surface area contributed by atoms with Crippen molar-refractivity contribution in [3.63, 3.8) is 0 Å². The lowest BCUT2D eigenvalue weighted by molar-refractivity contribution is 0.0939. The van der Waals surface area contributed by atoms with Gasteiger partial charge in [0, 0.05) is 11.6 Å². The predicted octanol–water partition coefficient (Wildman–Crippen LogP) is 2.89. The molecule has 0 aliphatic rings. The van der Waals surface area contributed by atoms with Crippen molar-refractivity contribution in [2.75, 3.05) is 4.72 Å². The standard InChI is InChI=1S/C18H19N3O3S/c1-3-13(2)20-18(22)14-8-10-16(11-9-14)25(23,24)21-17-7-5-4-6-15(17)12-19/h4-11,13,21H,3H2,1-2H3,(H,20,22). The maximum absolute atomic E-state index is 12.5. The van der Waals surface area contributed by atoms with Crippen molar-refractivity contribution in [2.45, 2.75) is 31.2 Å². The van der Waals surface area contributed by atoms with Gasteiger partial charge in [-0.05, 0) is 49.7 Å². The van der Waals surface area contributed by atoms with Crippen molar-refractivity contribution in [1.82, 2.24) is 5.32 Å². The van der Waals surface area contributed by atoms with Crippen LogP contribution in [0.3, 0.4) is 0 Å². The van der Waals surface area contributed by atoms with Gasteiger partial charge in [-0.25, -0.2) is 8.42 Å². The van der Waals surface area contributed by atoms with Gasteiger partial charge in [0.05, 0.1) is 16.1 Å². The Labute approximate surface area is 147 Å². The number of sulfonamides is 1. The Balaban J connectivity index is 2.21. The Morgan fingerprint density at radius 3 is 2.40 bits per heavy atom. The fraction of sp³-hybridized carbons (Fsp3) is 0.222. The molecule has 6 nitrogen and oxygen atoms in total. The second-order valence-electron chi connectivity index (χ2n) is 5.57. The van der Waals surface area contributed by atoms with E-state index in [0.717, 1.165) is 6.42 Å². The third kappa shape index (κ3) is 4.58. The molecule has 130 valence electrons. The molecule has 2 aromatic rings. The minimum atomic E-state index is -3.85. The van der Waals surface area contributed by atoms with E-state index in [2.05, 4.69) is 10.0 Å². The summed E-state index contributed by atoms with van der Waals surface area (Å²) in [4.78, 5) is 12.1. The van der Waals surface area contributed by atoms with Crippen LogP contribution in [0.25, 0.3) is 0 Å². The van der Waals surface area contributed by atoms with Crippen LogP contribution in [0, 0.1) is 11.3 Å². The van der Waals surface area contributed by atoms with E-state index in [1.807, 2.05) is 19.9 Å². The SMILES string of the molecule is CCC(C)NC(=O)c1ccc(S(=O)(=O)Nc2ccccc2C#N)cc1. The van der Waals surface area contributed by atoms with Crippen molar-refractivity contribution in [1.29, 1.82) is 5.26 Å². The van der Waals surface area contributed by atoms with Crippen molar-refractivity contribution < 1.29 is 13.2 Å². The van der Waals surface area contributed by atoms with E-state index in [0.29, 0.717) is 5.56 Å². The summed E-state index contributed by atoms with van der Waals surface area (Å²) in [6.07, 6.45) is 0.806. The number of amides is 1. The van der Waals surface area contributed by atoms with Gasteiger partial charge in [0.15, 0.2) is 0 Å². The van der Waals surface area contributed by atoms with Gasteiger partial charge in [0.2, 0.25) is 0 Å². The predicted molar refractivity (Wildman–Crippen MR) is 95.6 cm³/mol. The highest BCUT2D eigenvalue weighted by Crippen LogP contribution is 2.19. The molecule has 0 bridgehead atoms. The maximum Gasteiger partial charge on any atom is 0.261 e. The molecule has 0 saturated carbocycles. The van der Waals surface area contributed by atoms with Crippen LogP contribution < -0.4 is 10.0 Å². The molecule has 0 radical (unpaired) electrons. The van der Waals surface area contributed by atoms with Crippen LogP contribution in [0.2, 0.25) is 0 Å². The Hall–Kier alpha value is -2.85. The molecule has 25 heavy (non-hydrogen) atoms. The monoisotopic (exact) mass is 357 g/mol. The summed E-state index contributed by atoms with van der Waals surface area (Å²) in [6.45, 7) is 3.86. The van der Waals surface area contributed by atoms with Crippen LogP contribution in [0.15, 0.2) is 53.4 Å². The lowest BCUT2D eigenvalue weighted by Crippen LogP contribution is -2.31. The van der Waals surface area contributed by atoms with Gasteiger partial charge < -0.3 is 5.32 Å². The van der Waals surface area contributed by atoms with E-state index in [9.17, 15) is 13.2 Å². The number of nitrogens with zero attached hydrogens (tertiary/aromatic N) is 1. The first-order chi connectivity index (χ1) is 11.9. The minimum Gasteiger partial charge on any atom is -0.350 e. The van der Waals surface area contributed by atoms with Crippen molar-refractivity contribution in [3.05, 3.63) is 59.7 Å². The highest BCUT2D eigenvalue weighted by atomic mass is 32.2.